The fourth-order valence-electron chi connectivity index (χ4n) is 1.32. The van der Waals surface area contributed by atoms with Crippen molar-refractivity contribution in [1.82, 2.24) is 0 Å². The van der Waals surface area contributed by atoms with Crippen LogP contribution in [0.3, 0.4) is 0 Å². The summed E-state index contributed by atoms with van der Waals surface area (Å²) in [6.07, 6.45) is 0. The van der Waals surface area contributed by atoms with E-state index in [1.54, 1.807) is 0 Å². The molecule has 1 rings (SSSR count). The summed E-state index contributed by atoms with van der Waals surface area (Å²) in [5.74, 6) is 0.605. The SMILES string of the molecule is CC.CC(C)Nc1cccc(C(C)C)c1. The molecule has 1 aromatic rings. The lowest BCUT2D eigenvalue weighted by molar-refractivity contribution is 0.861. The van der Waals surface area contributed by atoms with Gasteiger partial charge in [0.25, 0.3) is 0 Å². The molecular formula is C14H25N. The molecule has 0 fully saturated rings. The minimum Gasteiger partial charge on any atom is -0.383 e. The van der Waals surface area contributed by atoms with Crippen LogP contribution in [0, 0.1) is 0 Å². The molecule has 0 aliphatic heterocycles. The summed E-state index contributed by atoms with van der Waals surface area (Å²) in [7, 11) is 0. The number of hydrogen-bond donors (Lipinski definition) is 1. The summed E-state index contributed by atoms with van der Waals surface area (Å²) in [5, 5.41) is 3.40. The number of rotatable bonds is 3. The second-order valence-corrected chi connectivity index (χ2v) is 4.08. The molecule has 0 unspecified atom stereocenters. The van der Waals surface area contributed by atoms with Crippen LogP contribution in [-0.2, 0) is 0 Å². The zero-order valence-electron chi connectivity index (χ0n) is 11.0. The van der Waals surface area contributed by atoms with Crippen molar-refractivity contribution in [3.8, 4) is 0 Å². The van der Waals surface area contributed by atoms with E-state index in [1.807, 2.05) is 13.8 Å². The maximum atomic E-state index is 3.40. The number of hydrogen-bond acceptors (Lipinski definition) is 1. The highest BCUT2D eigenvalue weighted by Crippen LogP contribution is 2.18. The molecule has 0 spiro atoms. The minimum atomic E-state index is 0.502. The lowest BCUT2D eigenvalue weighted by atomic mass is 10.0. The Balaban J connectivity index is 0.000000921. The van der Waals surface area contributed by atoms with Crippen molar-refractivity contribution in [2.75, 3.05) is 5.32 Å². The highest BCUT2D eigenvalue weighted by atomic mass is 14.9. The predicted molar refractivity (Wildman–Crippen MR) is 70.6 cm³/mol. The van der Waals surface area contributed by atoms with Crippen LogP contribution < -0.4 is 5.32 Å². The summed E-state index contributed by atoms with van der Waals surface area (Å²) >= 11 is 0. The summed E-state index contributed by atoms with van der Waals surface area (Å²) in [6, 6.07) is 9.13. The van der Waals surface area contributed by atoms with Gasteiger partial charge in [-0.15, -0.1) is 0 Å². The molecule has 0 amide bonds. The fraction of sp³-hybridized carbons (Fsp3) is 0.571. The predicted octanol–water partition coefficient (Wildman–Crippen LogP) is 4.66. The Bertz CT molecular complexity index is 264. The van der Waals surface area contributed by atoms with Gasteiger partial charge in [-0.25, -0.2) is 0 Å². The standard InChI is InChI=1S/C12H19N.C2H6/c1-9(2)11-6-5-7-12(8-11)13-10(3)4;1-2/h5-10,13H,1-4H3;1-2H3. The Labute approximate surface area is 94.9 Å². The maximum Gasteiger partial charge on any atom is 0.0344 e. The van der Waals surface area contributed by atoms with E-state index in [4.69, 9.17) is 0 Å². The summed E-state index contributed by atoms with van der Waals surface area (Å²) in [5.41, 5.74) is 2.62. The largest absolute Gasteiger partial charge is 0.383 e. The molecular weight excluding hydrogens is 182 g/mol. The van der Waals surface area contributed by atoms with Gasteiger partial charge in [-0.2, -0.15) is 0 Å². The second kappa shape index (κ2) is 7.33. The van der Waals surface area contributed by atoms with Gasteiger partial charge in [0.2, 0.25) is 0 Å². The Morgan fingerprint density at radius 1 is 1.00 bits per heavy atom. The van der Waals surface area contributed by atoms with Crippen molar-refractivity contribution in [2.45, 2.75) is 53.5 Å². The van der Waals surface area contributed by atoms with E-state index in [-0.39, 0.29) is 0 Å². The molecule has 0 aliphatic rings. The van der Waals surface area contributed by atoms with Crippen LogP contribution in [0.15, 0.2) is 24.3 Å². The molecule has 0 bridgehead atoms. The first-order valence-electron chi connectivity index (χ1n) is 5.96. The van der Waals surface area contributed by atoms with Crippen molar-refractivity contribution in [1.29, 1.82) is 0 Å². The summed E-state index contributed by atoms with van der Waals surface area (Å²) in [4.78, 5) is 0. The van der Waals surface area contributed by atoms with Crippen LogP contribution in [0.25, 0.3) is 0 Å². The summed E-state index contributed by atoms with van der Waals surface area (Å²) < 4.78 is 0. The molecule has 1 heteroatoms. The van der Waals surface area contributed by atoms with Crippen LogP contribution >= 0.6 is 0 Å². The van der Waals surface area contributed by atoms with Crippen molar-refractivity contribution in [2.24, 2.45) is 0 Å². The fourth-order valence-corrected chi connectivity index (χ4v) is 1.32. The topological polar surface area (TPSA) is 12.0 Å². The normalized spacial score (nSPS) is 9.87. The summed E-state index contributed by atoms with van der Waals surface area (Å²) in [6.45, 7) is 12.7. The van der Waals surface area contributed by atoms with Gasteiger partial charge in [0.05, 0.1) is 0 Å². The molecule has 1 nitrogen and oxygen atoms in total. The highest BCUT2D eigenvalue weighted by molar-refractivity contribution is 5.46. The van der Waals surface area contributed by atoms with E-state index in [2.05, 4.69) is 57.3 Å². The van der Waals surface area contributed by atoms with Crippen LogP contribution in [0.4, 0.5) is 5.69 Å². The van der Waals surface area contributed by atoms with Gasteiger partial charge in [0.1, 0.15) is 0 Å². The molecule has 1 N–H and O–H groups in total. The van der Waals surface area contributed by atoms with E-state index >= 15 is 0 Å². The quantitative estimate of drug-likeness (QED) is 0.760. The molecule has 86 valence electrons. The van der Waals surface area contributed by atoms with Gasteiger partial charge in [0, 0.05) is 11.7 Å². The molecule has 0 aromatic heterocycles. The molecule has 0 saturated heterocycles. The van der Waals surface area contributed by atoms with E-state index in [1.165, 1.54) is 11.3 Å². The van der Waals surface area contributed by atoms with Gasteiger partial charge >= 0.3 is 0 Å². The minimum absolute atomic E-state index is 0.502. The van der Waals surface area contributed by atoms with Gasteiger partial charge in [0.15, 0.2) is 0 Å². The molecule has 0 saturated carbocycles. The monoisotopic (exact) mass is 207 g/mol. The molecule has 1 aromatic carbocycles. The first-order valence-corrected chi connectivity index (χ1v) is 5.96. The lowest BCUT2D eigenvalue weighted by Gasteiger charge is -2.12. The number of nitrogens with one attached hydrogen (secondary N) is 1. The Kier molecular flexibility index (Phi) is 6.85. The van der Waals surface area contributed by atoms with Crippen molar-refractivity contribution in [3.05, 3.63) is 29.8 Å². The third kappa shape index (κ3) is 5.46. The van der Waals surface area contributed by atoms with Crippen molar-refractivity contribution < 1.29 is 0 Å². The third-order valence-corrected chi connectivity index (χ3v) is 2.01. The molecule has 0 atom stereocenters. The molecule has 15 heavy (non-hydrogen) atoms. The molecule has 0 heterocycles. The van der Waals surface area contributed by atoms with E-state index < -0.39 is 0 Å². The zero-order valence-corrected chi connectivity index (χ0v) is 11.0. The Morgan fingerprint density at radius 2 is 1.60 bits per heavy atom. The Hall–Kier alpha value is -0.980. The maximum absolute atomic E-state index is 3.40. The van der Waals surface area contributed by atoms with Crippen LogP contribution in [-0.4, -0.2) is 6.04 Å². The zero-order chi connectivity index (χ0) is 11.8. The first-order chi connectivity index (χ1) is 7.09. The van der Waals surface area contributed by atoms with Crippen LogP contribution in [0.5, 0.6) is 0 Å². The van der Waals surface area contributed by atoms with Crippen molar-refractivity contribution in [3.63, 3.8) is 0 Å². The van der Waals surface area contributed by atoms with Gasteiger partial charge in [-0.05, 0) is 37.5 Å². The average molecular weight is 207 g/mol. The molecule has 0 aliphatic carbocycles. The molecule has 0 radical (unpaired) electrons. The van der Waals surface area contributed by atoms with Crippen molar-refractivity contribution >= 4 is 5.69 Å². The van der Waals surface area contributed by atoms with Gasteiger partial charge < -0.3 is 5.32 Å². The Morgan fingerprint density at radius 3 is 2.07 bits per heavy atom. The van der Waals surface area contributed by atoms with E-state index in [0.29, 0.717) is 12.0 Å². The van der Waals surface area contributed by atoms with Gasteiger partial charge in [-0.1, -0.05) is 39.8 Å². The number of benzene rings is 1. The second-order valence-electron chi connectivity index (χ2n) is 4.08. The third-order valence-electron chi connectivity index (χ3n) is 2.01. The van der Waals surface area contributed by atoms with Gasteiger partial charge in [-0.3, -0.25) is 0 Å². The van der Waals surface area contributed by atoms with Crippen LogP contribution in [0.2, 0.25) is 0 Å². The highest BCUT2D eigenvalue weighted by Gasteiger charge is 2.00. The van der Waals surface area contributed by atoms with Crippen LogP contribution in [0.1, 0.15) is 53.0 Å². The average Bonchev–Trinajstić information content (AvgIpc) is 2.20. The van der Waals surface area contributed by atoms with E-state index in [0.717, 1.165) is 0 Å². The first kappa shape index (κ1) is 14.0. The lowest BCUT2D eigenvalue weighted by Crippen LogP contribution is -2.09. The number of anilines is 1. The van der Waals surface area contributed by atoms with E-state index in [9.17, 15) is 0 Å². The smallest absolute Gasteiger partial charge is 0.0344 e.